The predicted octanol–water partition coefficient (Wildman–Crippen LogP) is 6.27. The molecule has 0 unspecified atom stereocenters. The third-order valence-corrected chi connectivity index (χ3v) is 4.39. The van der Waals surface area contributed by atoms with E-state index in [1.807, 2.05) is 31.2 Å². The Balaban J connectivity index is 1.91. The molecule has 0 spiro atoms. The van der Waals surface area contributed by atoms with E-state index in [0.717, 1.165) is 23.3 Å². The lowest BCUT2D eigenvalue weighted by atomic mass is 10.0. The molecule has 2 aromatic rings. The van der Waals surface area contributed by atoms with Gasteiger partial charge in [0.15, 0.2) is 0 Å². The van der Waals surface area contributed by atoms with E-state index in [0.29, 0.717) is 12.2 Å². The van der Waals surface area contributed by atoms with Gasteiger partial charge in [-0.3, -0.25) is 0 Å². The molecule has 0 amide bonds. The van der Waals surface area contributed by atoms with Crippen molar-refractivity contribution in [2.45, 2.75) is 59.0 Å². The van der Waals surface area contributed by atoms with Crippen LogP contribution in [0, 0.1) is 0 Å². The van der Waals surface area contributed by atoms with Crippen LogP contribution >= 0.6 is 0 Å². The molecule has 0 aliphatic carbocycles. The standard InChI is InChI=1S/C23H30O3/c1-4-6-7-8-9-18(3)26-22-16-14-20(15-17-22)19-10-12-21(13-11-19)23(24)25-5-2/h10-18H,4-9H2,1-3H3/t18-/m0/s1. The van der Waals surface area contributed by atoms with Crippen LogP contribution in [-0.2, 0) is 4.74 Å². The minimum Gasteiger partial charge on any atom is -0.491 e. The van der Waals surface area contributed by atoms with E-state index >= 15 is 0 Å². The van der Waals surface area contributed by atoms with Gasteiger partial charge in [0.2, 0.25) is 0 Å². The molecule has 0 saturated carbocycles. The lowest BCUT2D eigenvalue weighted by Gasteiger charge is -2.15. The van der Waals surface area contributed by atoms with Gasteiger partial charge in [-0.1, -0.05) is 50.5 Å². The van der Waals surface area contributed by atoms with Crippen molar-refractivity contribution in [3.8, 4) is 16.9 Å². The zero-order valence-electron chi connectivity index (χ0n) is 16.2. The molecule has 140 valence electrons. The highest BCUT2D eigenvalue weighted by Crippen LogP contribution is 2.24. The maximum Gasteiger partial charge on any atom is 0.338 e. The van der Waals surface area contributed by atoms with Crippen molar-refractivity contribution in [3.05, 3.63) is 54.1 Å². The van der Waals surface area contributed by atoms with E-state index in [9.17, 15) is 4.79 Å². The van der Waals surface area contributed by atoms with Crippen LogP contribution in [-0.4, -0.2) is 18.7 Å². The zero-order chi connectivity index (χ0) is 18.8. The smallest absolute Gasteiger partial charge is 0.338 e. The fourth-order valence-corrected chi connectivity index (χ4v) is 2.89. The van der Waals surface area contributed by atoms with Gasteiger partial charge < -0.3 is 9.47 Å². The van der Waals surface area contributed by atoms with Crippen molar-refractivity contribution >= 4 is 5.97 Å². The molecular formula is C23H30O3. The molecule has 3 nitrogen and oxygen atoms in total. The minimum absolute atomic E-state index is 0.238. The molecule has 3 heteroatoms. The lowest BCUT2D eigenvalue weighted by Crippen LogP contribution is -2.11. The van der Waals surface area contributed by atoms with Gasteiger partial charge in [-0.2, -0.15) is 0 Å². The Morgan fingerprint density at radius 3 is 2.08 bits per heavy atom. The quantitative estimate of drug-likeness (QED) is 0.373. The van der Waals surface area contributed by atoms with Crippen molar-refractivity contribution in [2.75, 3.05) is 6.61 Å². The van der Waals surface area contributed by atoms with Gasteiger partial charge in [-0.25, -0.2) is 4.79 Å². The molecule has 0 radical (unpaired) electrons. The Kier molecular flexibility index (Phi) is 8.20. The monoisotopic (exact) mass is 354 g/mol. The van der Waals surface area contributed by atoms with Gasteiger partial charge in [0.05, 0.1) is 18.3 Å². The molecule has 0 fully saturated rings. The second-order valence-electron chi connectivity index (χ2n) is 6.60. The summed E-state index contributed by atoms with van der Waals surface area (Å²) in [7, 11) is 0. The Morgan fingerprint density at radius 2 is 1.50 bits per heavy atom. The summed E-state index contributed by atoms with van der Waals surface area (Å²) in [5, 5.41) is 0. The summed E-state index contributed by atoms with van der Waals surface area (Å²) in [4.78, 5) is 11.7. The topological polar surface area (TPSA) is 35.5 Å². The molecule has 26 heavy (non-hydrogen) atoms. The van der Waals surface area contributed by atoms with Gasteiger partial charge in [0, 0.05) is 0 Å². The van der Waals surface area contributed by atoms with Crippen molar-refractivity contribution in [3.63, 3.8) is 0 Å². The van der Waals surface area contributed by atoms with Crippen LogP contribution in [0.2, 0.25) is 0 Å². The average Bonchev–Trinajstić information content (AvgIpc) is 2.66. The summed E-state index contributed by atoms with van der Waals surface area (Å²) in [5.41, 5.74) is 2.74. The van der Waals surface area contributed by atoms with Crippen LogP contribution < -0.4 is 4.74 Å². The first-order valence-electron chi connectivity index (χ1n) is 9.68. The zero-order valence-corrected chi connectivity index (χ0v) is 16.2. The number of benzene rings is 2. The minimum atomic E-state index is -0.282. The Labute approximate surface area is 157 Å². The van der Waals surface area contributed by atoms with Gasteiger partial charge >= 0.3 is 5.97 Å². The summed E-state index contributed by atoms with van der Waals surface area (Å²) in [6, 6.07) is 15.6. The maximum absolute atomic E-state index is 11.7. The van der Waals surface area contributed by atoms with Crippen LogP contribution in [0.15, 0.2) is 48.5 Å². The fraction of sp³-hybridized carbons (Fsp3) is 0.435. The first-order valence-corrected chi connectivity index (χ1v) is 9.68. The van der Waals surface area contributed by atoms with Crippen LogP contribution in [0.4, 0.5) is 0 Å². The predicted molar refractivity (Wildman–Crippen MR) is 107 cm³/mol. The van der Waals surface area contributed by atoms with E-state index < -0.39 is 0 Å². The molecule has 0 aliphatic rings. The normalized spacial score (nSPS) is 11.8. The summed E-state index contributed by atoms with van der Waals surface area (Å²) in [6.45, 7) is 6.56. The van der Waals surface area contributed by atoms with Crippen molar-refractivity contribution in [2.24, 2.45) is 0 Å². The van der Waals surface area contributed by atoms with Crippen LogP contribution in [0.5, 0.6) is 5.75 Å². The highest BCUT2D eigenvalue weighted by atomic mass is 16.5. The third kappa shape index (κ3) is 6.21. The number of rotatable bonds is 10. The van der Waals surface area contributed by atoms with Crippen LogP contribution in [0.25, 0.3) is 11.1 Å². The average molecular weight is 354 g/mol. The molecule has 1 atom stereocenters. The SMILES string of the molecule is CCCCCC[C@H](C)Oc1ccc(-c2ccc(C(=O)OCC)cc2)cc1. The number of ether oxygens (including phenoxy) is 2. The molecular weight excluding hydrogens is 324 g/mol. The molecule has 0 heterocycles. The highest BCUT2D eigenvalue weighted by molar-refractivity contribution is 5.90. The van der Waals surface area contributed by atoms with E-state index in [1.165, 1.54) is 25.7 Å². The van der Waals surface area contributed by atoms with Gasteiger partial charge in [-0.15, -0.1) is 0 Å². The number of esters is 1. The molecule has 0 bridgehead atoms. The molecule has 2 rings (SSSR count). The molecule has 0 aliphatic heterocycles. The van der Waals surface area contributed by atoms with E-state index in [4.69, 9.17) is 9.47 Å². The number of carbonyl (C=O) groups is 1. The number of hydrogen-bond donors (Lipinski definition) is 0. The second kappa shape index (κ2) is 10.6. The van der Waals surface area contributed by atoms with Crippen molar-refractivity contribution in [1.29, 1.82) is 0 Å². The Morgan fingerprint density at radius 1 is 0.885 bits per heavy atom. The first kappa shape index (κ1) is 20.0. The molecule has 2 aromatic carbocycles. The number of carbonyl (C=O) groups excluding carboxylic acids is 1. The Hall–Kier alpha value is -2.29. The first-order chi connectivity index (χ1) is 12.6. The highest BCUT2D eigenvalue weighted by Gasteiger charge is 2.07. The van der Waals surface area contributed by atoms with E-state index in [1.54, 1.807) is 12.1 Å². The Bertz CT molecular complexity index is 659. The number of hydrogen-bond acceptors (Lipinski definition) is 3. The summed E-state index contributed by atoms with van der Waals surface area (Å²) >= 11 is 0. The van der Waals surface area contributed by atoms with Crippen LogP contribution in [0.3, 0.4) is 0 Å². The van der Waals surface area contributed by atoms with Gasteiger partial charge in [0.1, 0.15) is 5.75 Å². The summed E-state index contributed by atoms with van der Waals surface area (Å²) in [6.07, 6.45) is 6.40. The summed E-state index contributed by atoms with van der Waals surface area (Å²) < 4.78 is 11.0. The number of unbranched alkanes of at least 4 members (excludes halogenated alkanes) is 3. The van der Waals surface area contributed by atoms with Crippen molar-refractivity contribution in [1.82, 2.24) is 0 Å². The van der Waals surface area contributed by atoms with Crippen LogP contribution in [0.1, 0.15) is 63.2 Å². The van der Waals surface area contributed by atoms with Crippen molar-refractivity contribution < 1.29 is 14.3 Å². The summed E-state index contributed by atoms with van der Waals surface area (Å²) in [5.74, 6) is 0.621. The van der Waals surface area contributed by atoms with E-state index in [-0.39, 0.29) is 12.1 Å². The fourth-order valence-electron chi connectivity index (χ4n) is 2.89. The van der Waals surface area contributed by atoms with Gasteiger partial charge in [0.25, 0.3) is 0 Å². The van der Waals surface area contributed by atoms with Gasteiger partial charge in [-0.05, 0) is 62.1 Å². The molecule has 0 N–H and O–H groups in total. The molecule has 0 aromatic heterocycles. The third-order valence-electron chi connectivity index (χ3n) is 4.39. The van der Waals surface area contributed by atoms with E-state index in [2.05, 4.69) is 26.0 Å². The maximum atomic E-state index is 11.7. The second-order valence-corrected chi connectivity index (χ2v) is 6.60. The lowest BCUT2D eigenvalue weighted by molar-refractivity contribution is 0.0526. The largest absolute Gasteiger partial charge is 0.491 e. The molecule has 0 saturated heterocycles.